The Balaban J connectivity index is 3.39. The second kappa shape index (κ2) is 4.87. The minimum atomic E-state index is -2.21. The van der Waals surface area contributed by atoms with Crippen molar-refractivity contribution in [1.29, 1.82) is 0 Å². The lowest BCUT2D eigenvalue weighted by atomic mass is 10.2. The molecule has 0 aliphatic heterocycles. The van der Waals surface area contributed by atoms with Crippen molar-refractivity contribution < 1.29 is 22.8 Å². The van der Waals surface area contributed by atoms with E-state index in [-0.39, 0.29) is 6.42 Å². The van der Waals surface area contributed by atoms with Crippen LogP contribution in [0.1, 0.15) is 19.3 Å². The highest BCUT2D eigenvalue weighted by Crippen LogP contribution is 2.06. The highest BCUT2D eigenvalue weighted by Gasteiger charge is 2.15. The molecular formula is C6H7F3O2. The first-order valence-corrected chi connectivity index (χ1v) is 3.05. The standard InChI is InChI=1S/C6H7F3O2/c7-4(6(9)11)2-1-3-5(8)10/h4H,1-3H2. The summed E-state index contributed by atoms with van der Waals surface area (Å²) in [5.74, 6) is 0. The summed E-state index contributed by atoms with van der Waals surface area (Å²) in [5.41, 5.74) is 0. The van der Waals surface area contributed by atoms with E-state index < -0.39 is 31.1 Å². The number of rotatable bonds is 5. The van der Waals surface area contributed by atoms with Gasteiger partial charge in [-0.3, -0.25) is 9.59 Å². The van der Waals surface area contributed by atoms with E-state index in [1.807, 2.05) is 0 Å². The maximum Gasteiger partial charge on any atom is 0.335 e. The first kappa shape index (κ1) is 10.1. The summed E-state index contributed by atoms with van der Waals surface area (Å²) in [7, 11) is 0. The fourth-order valence-corrected chi connectivity index (χ4v) is 0.534. The summed E-state index contributed by atoms with van der Waals surface area (Å²) in [4.78, 5) is 19.2. The summed E-state index contributed by atoms with van der Waals surface area (Å²) < 4.78 is 34.9. The van der Waals surface area contributed by atoms with Crippen molar-refractivity contribution in [3.05, 3.63) is 0 Å². The monoisotopic (exact) mass is 168 g/mol. The third kappa shape index (κ3) is 5.57. The highest BCUT2D eigenvalue weighted by molar-refractivity contribution is 5.73. The van der Waals surface area contributed by atoms with Crippen LogP contribution in [0.4, 0.5) is 13.2 Å². The summed E-state index contributed by atoms with van der Waals surface area (Å²) in [6.45, 7) is 0. The van der Waals surface area contributed by atoms with Gasteiger partial charge in [0, 0.05) is 6.42 Å². The zero-order valence-corrected chi connectivity index (χ0v) is 5.65. The van der Waals surface area contributed by atoms with Crippen LogP contribution in [-0.2, 0) is 9.59 Å². The SMILES string of the molecule is O=C(F)CCCC(F)C(=O)F. The van der Waals surface area contributed by atoms with Gasteiger partial charge in [-0.25, -0.2) is 4.39 Å². The number of carbonyl (C=O) groups is 2. The van der Waals surface area contributed by atoms with Crippen molar-refractivity contribution >= 4 is 12.1 Å². The molecule has 0 rings (SSSR count). The summed E-state index contributed by atoms with van der Waals surface area (Å²) in [5, 5.41) is 0. The molecule has 0 aliphatic rings. The molecule has 1 unspecified atom stereocenters. The largest absolute Gasteiger partial charge is 0.335 e. The molecule has 0 spiro atoms. The van der Waals surface area contributed by atoms with E-state index in [2.05, 4.69) is 0 Å². The zero-order valence-electron chi connectivity index (χ0n) is 5.65. The summed E-state index contributed by atoms with van der Waals surface area (Å²) >= 11 is 0. The van der Waals surface area contributed by atoms with Crippen LogP contribution < -0.4 is 0 Å². The minimum Gasteiger partial charge on any atom is -0.261 e. The third-order valence-corrected chi connectivity index (χ3v) is 1.08. The molecular weight excluding hydrogens is 161 g/mol. The number of hydrogen-bond donors (Lipinski definition) is 0. The summed E-state index contributed by atoms with van der Waals surface area (Å²) in [6.07, 6.45) is -3.26. The topological polar surface area (TPSA) is 34.1 Å². The molecule has 0 saturated heterocycles. The molecule has 64 valence electrons. The Morgan fingerprint density at radius 2 is 1.82 bits per heavy atom. The van der Waals surface area contributed by atoms with E-state index in [4.69, 9.17) is 0 Å². The van der Waals surface area contributed by atoms with Crippen LogP contribution >= 0.6 is 0 Å². The lowest BCUT2D eigenvalue weighted by Crippen LogP contribution is -2.09. The van der Waals surface area contributed by atoms with E-state index in [0.29, 0.717) is 0 Å². The molecule has 1 atom stereocenters. The normalized spacial score (nSPS) is 12.6. The minimum absolute atomic E-state index is 0.147. The quantitative estimate of drug-likeness (QED) is 0.583. The Hall–Kier alpha value is -0.870. The van der Waals surface area contributed by atoms with E-state index in [1.165, 1.54) is 0 Å². The molecule has 0 amide bonds. The molecule has 0 heterocycles. The van der Waals surface area contributed by atoms with Crippen LogP contribution in [0.25, 0.3) is 0 Å². The number of carbonyl (C=O) groups excluding carboxylic acids is 2. The lowest BCUT2D eigenvalue weighted by Gasteiger charge is -1.97. The van der Waals surface area contributed by atoms with Gasteiger partial charge in [-0.05, 0) is 12.8 Å². The van der Waals surface area contributed by atoms with Gasteiger partial charge in [-0.15, -0.1) is 0 Å². The van der Waals surface area contributed by atoms with E-state index >= 15 is 0 Å². The Kier molecular flexibility index (Phi) is 4.49. The molecule has 0 aliphatic carbocycles. The Morgan fingerprint density at radius 1 is 1.27 bits per heavy atom. The first-order chi connectivity index (χ1) is 5.04. The Labute approximate surface area is 61.4 Å². The van der Waals surface area contributed by atoms with Crippen LogP contribution in [0.5, 0.6) is 0 Å². The maximum atomic E-state index is 12.0. The van der Waals surface area contributed by atoms with Crippen molar-refractivity contribution in [3.63, 3.8) is 0 Å². The van der Waals surface area contributed by atoms with Gasteiger partial charge in [0.05, 0.1) is 0 Å². The van der Waals surface area contributed by atoms with E-state index in [9.17, 15) is 22.8 Å². The fraction of sp³-hybridized carbons (Fsp3) is 0.667. The molecule has 0 N–H and O–H groups in total. The van der Waals surface area contributed by atoms with Gasteiger partial charge < -0.3 is 0 Å². The van der Waals surface area contributed by atoms with Crippen LogP contribution in [-0.4, -0.2) is 18.2 Å². The third-order valence-electron chi connectivity index (χ3n) is 1.08. The van der Waals surface area contributed by atoms with Gasteiger partial charge in [0.1, 0.15) is 0 Å². The second-order valence-corrected chi connectivity index (χ2v) is 2.02. The number of halogens is 3. The second-order valence-electron chi connectivity index (χ2n) is 2.02. The first-order valence-electron chi connectivity index (χ1n) is 3.05. The van der Waals surface area contributed by atoms with Gasteiger partial charge in [0.25, 0.3) is 0 Å². The van der Waals surface area contributed by atoms with Crippen molar-refractivity contribution in [2.45, 2.75) is 25.4 Å². The number of alkyl halides is 1. The van der Waals surface area contributed by atoms with Crippen LogP contribution in [0, 0.1) is 0 Å². The Bertz CT molecular complexity index is 158. The van der Waals surface area contributed by atoms with Crippen molar-refractivity contribution in [1.82, 2.24) is 0 Å². The highest BCUT2D eigenvalue weighted by atomic mass is 19.2. The molecule has 0 aromatic rings. The molecule has 0 radical (unpaired) electrons. The molecule has 2 nitrogen and oxygen atoms in total. The van der Waals surface area contributed by atoms with E-state index in [1.54, 1.807) is 0 Å². The molecule has 0 saturated carbocycles. The molecule has 0 bridgehead atoms. The average molecular weight is 168 g/mol. The molecule has 0 aromatic carbocycles. The van der Waals surface area contributed by atoms with Gasteiger partial charge in [-0.2, -0.15) is 8.78 Å². The van der Waals surface area contributed by atoms with E-state index in [0.717, 1.165) is 0 Å². The lowest BCUT2D eigenvalue weighted by molar-refractivity contribution is -0.135. The predicted octanol–water partition coefficient (Wildman–Crippen LogP) is 1.49. The maximum absolute atomic E-state index is 12.0. The number of hydrogen-bond acceptors (Lipinski definition) is 2. The molecule has 11 heavy (non-hydrogen) atoms. The molecule has 0 aromatic heterocycles. The smallest absolute Gasteiger partial charge is 0.261 e. The molecule has 5 heteroatoms. The van der Waals surface area contributed by atoms with Crippen molar-refractivity contribution in [2.24, 2.45) is 0 Å². The van der Waals surface area contributed by atoms with Crippen molar-refractivity contribution in [2.75, 3.05) is 0 Å². The summed E-state index contributed by atoms with van der Waals surface area (Å²) in [6, 6.07) is -3.65. The fourth-order valence-electron chi connectivity index (χ4n) is 0.534. The van der Waals surface area contributed by atoms with Gasteiger partial charge in [0.15, 0.2) is 6.17 Å². The predicted molar refractivity (Wildman–Crippen MR) is 31.0 cm³/mol. The van der Waals surface area contributed by atoms with Crippen LogP contribution in [0.15, 0.2) is 0 Å². The Morgan fingerprint density at radius 3 is 2.18 bits per heavy atom. The van der Waals surface area contributed by atoms with Crippen LogP contribution in [0.3, 0.4) is 0 Å². The van der Waals surface area contributed by atoms with Crippen LogP contribution in [0.2, 0.25) is 0 Å². The van der Waals surface area contributed by atoms with Crippen molar-refractivity contribution in [3.8, 4) is 0 Å². The zero-order chi connectivity index (χ0) is 8.85. The van der Waals surface area contributed by atoms with Gasteiger partial charge >= 0.3 is 12.1 Å². The molecule has 0 fully saturated rings. The van der Waals surface area contributed by atoms with Gasteiger partial charge in [-0.1, -0.05) is 0 Å². The van der Waals surface area contributed by atoms with Gasteiger partial charge in [0.2, 0.25) is 0 Å². The average Bonchev–Trinajstić information content (AvgIpc) is 1.86.